The highest BCUT2D eigenvalue weighted by molar-refractivity contribution is 6.06. The van der Waals surface area contributed by atoms with E-state index in [1.165, 1.54) is 25.3 Å². The summed E-state index contributed by atoms with van der Waals surface area (Å²) < 4.78 is 63.7. The van der Waals surface area contributed by atoms with Crippen molar-refractivity contribution in [2.24, 2.45) is 0 Å². The molecule has 0 radical (unpaired) electrons. The summed E-state index contributed by atoms with van der Waals surface area (Å²) in [6.45, 7) is 0. The quantitative estimate of drug-likeness (QED) is 0.593. The maximum absolute atomic E-state index is 14.2. The molecule has 1 atom stereocenters. The zero-order valence-electron chi connectivity index (χ0n) is 15.3. The van der Waals surface area contributed by atoms with Crippen LogP contribution in [-0.2, 0) is 15.7 Å². The van der Waals surface area contributed by atoms with Gasteiger partial charge < -0.3 is 14.8 Å². The normalized spacial score (nSPS) is 16.1. The molecule has 0 fully saturated rings. The Balaban J connectivity index is 2.18. The van der Waals surface area contributed by atoms with E-state index in [9.17, 15) is 27.2 Å². The molecule has 0 bridgehead atoms. The monoisotopic (exact) mass is 412 g/mol. The van der Waals surface area contributed by atoms with E-state index in [4.69, 9.17) is 4.74 Å². The molecule has 0 aliphatic carbocycles. The molecule has 0 spiro atoms. The molecule has 2 aromatic carbocycles. The summed E-state index contributed by atoms with van der Waals surface area (Å²) >= 11 is 0. The SMILES string of the molecule is COC(=O)CC1c2cccc(F)c2NC(=O)N1c1cc(OC)cc(C(F)(F)F)c1. The van der Waals surface area contributed by atoms with Crippen LogP contribution in [-0.4, -0.2) is 26.2 Å². The molecule has 0 aromatic heterocycles. The topological polar surface area (TPSA) is 67.9 Å². The lowest BCUT2D eigenvalue weighted by Crippen LogP contribution is -2.44. The first-order chi connectivity index (χ1) is 13.7. The molecule has 1 N–H and O–H groups in total. The summed E-state index contributed by atoms with van der Waals surface area (Å²) in [5.41, 5.74) is -1.12. The van der Waals surface area contributed by atoms with Gasteiger partial charge in [0, 0.05) is 11.6 Å². The Bertz CT molecular complexity index is 962. The number of rotatable bonds is 4. The second kappa shape index (κ2) is 7.61. The highest BCUT2D eigenvalue weighted by atomic mass is 19.4. The van der Waals surface area contributed by atoms with Crippen LogP contribution in [0.2, 0.25) is 0 Å². The van der Waals surface area contributed by atoms with Gasteiger partial charge in [-0.05, 0) is 18.2 Å². The van der Waals surface area contributed by atoms with Crippen molar-refractivity contribution in [3.05, 3.63) is 53.3 Å². The van der Waals surface area contributed by atoms with Crippen LogP contribution in [0.1, 0.15) is 23.6 Å². The Morgan fingerprint density at radius 3 is 2.55 bits per heavy atom. The molecule has 10 heteroatoms. The molecule has 2 aromatic rings. The van der Waals surface area contributed by atoms with E-state index in [2.05, 4.69) is 10.1 Å². The van der Waals surface area contributed by atoms with Crippen molar-refractivity contribution in [1.82, 2.24) is 0 Å². The highest BCUT2D eigenvalue weighted by Crippen LogP contribution is 2.42. The minimum absolute atomic E-state index is 0.135. The van der Waals surface area contributed by atoms with E-state index in [0.29, 0.717) is 0 Å². The minimum Gasteiger partial charge on any atom is -0.497 e. The van der Waals surface area contributed by atoms with E-state index < -0.39 is 35.6 Å². The van der Waals surface area contributed by atoms with Crippen LogP contribution >= 0.6 is 0 Å². The number of benzene rings is 2. The molecular formula is C19H16F4N2O4. The number of halogens is 4. The minimum atomic E-state index is -4.70. The van der Waals surface area contributed by atoms with E-state index in [1.54, 1.807) is 0 Å². The number of carbonyl (C=O) groups is 2. The smallest absolute Gasteiger partial charge is 0.416 e. The van der Waals surface area contributed by atoms with Gasteiger partial charge >= 0.3 is 18.2 Å². The lowest BCUT2D eigenvalue weighted by Gasteiger charge is -2.37. The standard InChI is InChI=1S/C19H16F4N2O4/c1-28-12-7-10(19(21,22)23)6-11(8-12)25-15(9-16(26)29-2)13-4-3-5-14(20)17(13)24-18(25)27/h3-8,15H,9H2,1-2H3,(H,24,27). The second-order valence-corrected chi connectivity index (χ2v) is 6.22. The lowest BCUT2D eigenvalue weighted by atomic mass is 9.96. The van der Waals surface area contributed by atoms with Crippen LogP contribution in [0.4, 0.5) is 33.7 Å². The number of anilines is 2. The zero-order chi connectivity index (χ0) is 21.3. The first-order valence-corrected chi connectivity index (χ1v) is 8.37. The Kier molecular flexibility index (Phi) is 5.36. The van der Waals surface area contributed by atoms with Crippen LogP contribution in [0.5, 0.6) is 5.75 Å². The predicted molar refractivity (Wildman–Crippen MR) is 95.3 cm³/mol. The largest absolute Gasteiger partial charge is 0.497 e. The first kappa shape index (κ1) is 20.4. The molecule has 6 nitrogen and oxygen atoms in total. The first-order valence-electron chi connectivity index (χ1n) is 8.37. The van der Waals surface area contributed by atoms with Crippen molar-refractivity contribution in [2.75, 3.05) is 24.4 Å². The molecule has 1 aliphatic heterocycles. The van der Waals surface area contributed by atoms with E-state index in [0.717, 1.165) is 30.2 Å². The second-order valence-electron chi connectivity index (χ2n) is 6.22. The predicted octanol–water partition coefficient (Wildman–Crippen LogP) is 4.51. The van der Waals surface area contributed by atoms with Crippen LogP contribution < -0.4 is 15.0 Å². The van der Waals surface area contributed by atoms with Crippen molar-refractivity contribution < 1.29 is 36.6 Å². The molecule has 3 rings (SSSR count). The summed E-state index contributed by atoms with van der Waals surface area (Å²) in [5.74, 6) is -1.58. The lowest BCUT2D eigenvalue weighted by molar-refractivity contribution is -0.141. The van der Waals surface area contributed by atoms with E-state index >= 15 is 0 Å². The molecule has 29 heavy (non-hydrogen) atoms. The molecule has 1 unspecified atom stereocenters. The number of fused-ring (bicyclic) bond motifs is 1. The number of hydrogen-bond acceptors (Lipinski definition) is 4. The van der Waals surface area contributed by atoms with Crippen molar-refractivity contribution in [3.63, 3.8) is 0 Å². The molecular weight excluding hydrogens is 396 g/mol. The maximum atomic E-state index is 14.2. The van der Waals surface area contributed by atoms with Crippen LogP contribution in [0, 0.1) is 5.82 Å². The fourth-order valence-corrected chi connectivity index (χ4v) is 3.14. The average Bonchev–Trinajstić information content (AvgIpc) is 2.67. The fourth-order valence-electron chi connectivity index (χ4n) is 3.14. The molecule has 0 saturated carbocycles. The van der Waals surface area contributed by atoms with Gasteiger partial charge in [-0.2, -0.15) is 13.2 Å². The van der Waals surface area contributed by atoms with E-state index in [-0.39, 0.29) is 29.1 Å². The van der Waals surface area contributed by atoms with Gasteiger partial charge in [-0.1, -0.05) is 12.1 Å². The van der Waals surface area contributed by atoms with Gasteiger partial charge in [-0.3, -0.25) is 9.69 Å². The summed E-state index contributed by atoms with van der Waals surface area (Å²) in [6, 6.07) is 4.77. The highest BCUT2D eigenvalue weighted by Gasteiger charge is 2.38. The Morgan fingerprint density at radius 2 is 1.93 bits per heavy atom. The summed E-state index contributed by atoms with van der Waals surface area (Å²) in [5, 5.41) is 2.33. The number of urea groups is 1. The molecule has 1 heterocycles. The van der Waals surface area contributed by atoms with Crippen molar-refractivity contribution >= 4 is 23.4 Å². The number of hydrogen-bond donors (Lipinski definition) is 1. The van der Waals surface area contributed by atoms with Gasteiger partial charge in [-0.25, -0.2) is 9.18 Å². The number of amides is 2. The third-order valence-corrected chi connectivity index (χ3v) is 4.49. The van der Waals surface area contributed by atoms with Gasteiger partial charge in [0.05, 0.1) is 43.6 Å². The van der Waals surface area contributed by atoms with Gasteiger partial charge in [0.25, 0.3) is 0 Å². The third kappa shape index (κ3) is 3.96. The maximum Gasteiger partial charge on any atom is 0.416 e. The summed E-state index contributed by atoms with van der Waals surface area (Å²) in [4.78, 5) is 25.6. The molecule has 2 amide bonds. The molecule has 1 aliphatic rings. The van der Waals surface area contributed by atoms with Crippen LogP contribution in [0.25, 0.3) is 0 Å². The van der Waals surface area contributed by atoms with Crippen molar-refractivity contribution in [2.45, 2.75) is 18.6 Å². The summed E-state index contributed by atoms with van der Waals surface area (Å²) in [6.07, 6.45) is -5.09. The number of ether oxygens (including phenoxy) is 2. The van der Waals surface area contributed by atoms with Gasteiger partial charge in [0.15, 0.2) is 0 Å². The number of para-hydroxylation sites is 1. The number of esters is 1. The van der Waals surface area contributed by atoms with Gasteiger partial charge in [0.2, 0.25) is 0 Å². The number of nitrogens with zero attached hydrogens (tertiary/aromatic N) is 1. The zero-order valence-corrected chi connectivity index (χ0v) is 15.3. The molecule has 0 saturated heterocycles. The number of methoxy groups -OCH3 is 2. The van der Waals surface area contributed by atoms with Crippen LogP contribution in [0.3, 0.4) is 0 Å². The summed E-state index contributed by atoms with van der Waals surface area (Å²) in [7, 11) is 2.32. The Morgan fingerprint density at radius 1 is 1.21 bits per heavy atom. The number of alkyl halides is 3. The number of nitrogens with one attached hydrogen (secondary N) is 1. The average molecular weight is 412 g/mol. The Labute approximate surface area is 163 Å². The number of carbonyl (C=O) groups excluding carboxylic acids is 2. The third-order valence-electron chi connectivity index (χ3n) is 4.49. The van der Waals surface area contributed by atoms with Gasteiger partial charge in [0.1, 0.15) is 11.6 Å². The molecule has 154 valence electrons. The van der Waals surface area contributed by atoms with E-state index in [1.807, 2.05) is 0 Å². The van der Waals surface area contributed by atoms with Crippen molar-refractivity contribution in [3.8, 4) is 5.75 Å². The van der Waals surface area contributed by atoms with Crippen LogP contribution in [0.15, 0.2) is 36.4 Å². The van der Waals surface area contributed by atoms with Crippen molar-refractivity contribution in [1.29, 1.82) is 0 Å². The van der Waals surface area contributed by atoms with Gasteiger partial charge in [-0.15, -0.1) is 0 Å². The Hall–Kier alpha value is -3.30. The fraction of sp³-hybridized carbons (Fsp3) is 0.263.